The average molecular weight is 454 g/mol. The van der Waals surface area contributed by atoms with Gasteiger partial charge in [-0.25, -0.2) is 0 Å². The zero-order chi connectivity index (χ0) is 23.1. The van der Waals surface area contributed by atoms with E-state index in [1.807, 2.05) is 17.5 Å². The highest BCUT2D eigenvalue weighted by Gasteiger charge is 2.39. The van der Waals surface area contributed by atoms with Gasteiger partial charge in [0.1, 0.15) is 0 Å². The van der Waals surface area contributed by atoms with E-state index < -0.39 is 12.1 Å². The predicted octanol–water partition coefficient (Wildman–Crippen LogP) is 3.43. The fourth-order valence-corrected chi connectivity index (χ4v) is 4.31. The lowest BCUT2D eigenvalue weighted by molar-refractivity contribution is -0.167. The smallest absolute Gasteiger partial charge is 0.395 e. The van der Waals surface area contributed by atoms with Crippen LogP contribution < -0.4 is 10.6 Å². The first-order valence-electron chi connectivity index (χ1n) is 11.1. The topological polar surface area (TPSA) is 81.7 Å². The van der Waals surface area contributed by atoms with Crippen LogP contribution in [0.15, 0.2) is 24.3 Å². The molecule has 0 saturated carbocycles. The van der Waals surface area contributed by atoms with Gasteiger partial charge in [-0.3, -0.25) is 9.59 Å². The van der Waals surface area contributed by atoms with Gasteiger partial charge in [-0.05, 0) is 67.7 Å². The molecule has 32 heavy (non-hydrogen) atoms. The molecule has 0 spiro atoms. The van der Waals surface area contributed by atoms with Crippen molar-refractivity contribution in [3.8, 4) is 0 Å². The minimum absolute atomic E-state index is 0.00448. The normalized spacial score (nSPS) is 17.8. The highest BCUT2D eigenvalue weighted by atomic mass is 19.4. The second-order valence-electron chi connectivity index (χ2n) is 8.29. The number of rotatable bonds is 7. The summed E-state index contributed by atoms with van der Waals surface area (Å²) in [6, 6.07) is 5.26. The molecule has 1 saturated heterocycles. The number of piperidine rings is 1. The Morgan fingerprint density at radius 1 is 1.16 bits per heavy atom. The zero-order valence-corrected chi connectivity index (χ0v) is 18.0. The number of allylic oxidation sites excluding steroid dienone is 2. The van der Waals surface area contributed by atoms with Gasteiger partial charge in [0.25, 0.3) is 0 Å². The number of carbonyl (C=O) groups excluding carboxylic acids is 2. The molecule has 2 aliphatic rings. The molecule has 6 nitrogen and oxygen atoms in total. The maximum Gasteiger partial charge on any atom is 0.471 e. The maximum atomic E-state index is 12.8. The van der Waals surface area contributed by atoms with E-state index in [9.17, 15) is 22.8 Å². The number of nitrogens with one attached hydrogen (secondary N) is 2. The Kier molecular flexibility index (Phi) is 8.31. The van der Waals surface area contributed by atoms with Crippen LogP contribution in [0.2, 0.25) is 0 Å². The first kappa shape index (κ1) is 24.3. The summed E-state index contributed by atoms with van der Waals surface area (Å²) in [5.41, 5.74) is 2.83. The van der Waals surface area contributed by atoms with Gasteiger partial charge >= 0.3 is 12.1 Å². The molecule has 1 fully saturated rings. The van der Waals surface area contributed by atoms with Crippen LogP contribution in [-0.4, -0.2) is 60.8 Å². The molecule has 3 N–H and O–H groups in total. The third kappa shape index (κ3) is 6.32. The number of amides is 2. The van der Waals surface area contributed by atoms with Crippen molar-refractivity contribution in [2.24, 2.45) is 0 Å². The highest BCUT2D eigenvalue weighted by molar-refractivity contribution is 5.97. The largest absolute Gasteiger partial charge is 0.471 e. The van der Waals surface area contributed by atoms with Gasteiger partial charge in [-0.2, -0.15) is 13.2 Å². The fraction of sp³-hybridized carbons (Fsp3) is 0.565. The quantitative estimate of drug-likeness (QED) is 0.553. The zero-order valence-electron chi connectivity index (χ0n) is 18.0. The van der Waals surface area contributed by atoms with Crippen molar-refractivity contribution < 1.29 is 27.9 Å². The molecule has 1 heterocycles. The first-order valence-corrected chi connectivity index (χ1v) is 11.1. The van der Waals surface area contributed by atoms with E-state index in [0.29, 0.717) is 25.2 Å². The van der Waals surface area contributed by atoms with Gasteiger partial charge in [-0.15, -0.1) is 0 Å². The van der Waals surface area contributed by atoms with Gasteiger partial charge in [0.05, 0.1) is 13.2 Å². The average Bonchev–Trinajstić information content (AvgIpc) is 2.79. The van der Waals surface area contributed by atoms with Crippen molar-refractivity contribution in [3.63, 3.8) is 0 Å². The van der Waals surface area contributed by atoms with Gasteiger partial charge in [0.2, 0.25) is 5.91 Å². The van der Waals surface area contributed by atoms with Crippen LogP contribution >= 0.6 is 0 Å². The van der Waals surface area contributed by atoms with E-state index >= 15 is 0 Å². The van der Waals surface area contributed by atoms with E-state index in [1.54, 1.807) is 17.0 Å². The molecule has 0 radical (unpaired) electrons. The number of aliphatic hydroxyl groups is 1. The number of likely N-dealkylation sites (tertiary alicyclic amines) is 1. The van der Waals surface area contributed by atoms with E-state index in [4.69, 9.17) is 5.11 Å². The lowest BCUT2D eigenvalue weighted by atomic mass is 9.85. The fourth-order valence-electron chi connectivity index (χ4n) is 4.31. The highest BCUT2D eigenvalue weighted by Crippen LogP contribution is 2.37. The summed E-state index contributed by atoms with van der Waals surface area (Å²) in [6.45, 7) is 1.76. The van der Waals surface area contributed by atoms with E-state index in [0.717, 1.165) is 49.7 Å². The Morgan fingerprint density at radius 2 is 1.91 bits per heavy atom. The standard InChI is InChI=1S/C23H30F3N3O3/c24-23(25,26)22(32)28-20-7-6-18(14-19(20)17-4-2-1-3-5-17)16-8-11-29(12-9-16)21(31)15-27-10-13-30/h4,6-7,14,16,27,30H,1-3,5,8-13,15H2,(H,28,32). The molecule has 2 amide bonds. The Labute approximate surface area is 185 Å². The third-order valence-electron chi connectivity index (χ3n) is 6.07. The lowest BCUT2D eigenvalue weighted by Gasteiger charge is -2.33. The van der Waals surface area contributed by atoms with Crippen molar-refractivity contribution in [1.82, 2.24) is 10.2 Å². The van der Waals surface area contributed by atoms with Crippen LogP contribution in [-0.2, 0) is 9.59 Å². The van der Waals surface area contributed by atoms with Crippen molar-refractivity contribution in [2.75, 3.05) is 38.1 Å². The number of hydrogen-bond donors (Lipinski definition) is 3. The summed E-state index contributed by atoms with van der Waals surface area (Å²) >= 11 is 0. The minimum atomic E-state index is -4.94. The molecule has 0 unspecified atom stereocenters. The molecule has 9 heteroatoms. The molecule has 176 valence electrons. The maximum absolute atomic E-state index is 12.8. The number of hydrogen-bond acceptors (Lipinski definition) is 4. The number of anilines is 1. The second kappa shape index (κ2) is 11.0. The van der Waals surface area contributed by atoms with Crippen LogP contribution in [0, 0.1) is 0 Å². The van der Waals surface area contributed by atoms with Gasteiger partial charge in [0.15, 0.2) is 0 Å². The minimum Gasteiger partial charge on any atom is -0.395 e. The van der Waals surface area contributed by atoms with Crippen molar-refractivity contribution >= 4 is 23.1 Å². The van der Waals surface area contributed by atoms with Crippen molar-refractivity contribution in [3.05, 3.63) is 35.4 Å². The van der Waals surface area contributed by atoms with Crippen molar-refractivity contribution in [2.45, 2.75) is 50.6 Å². The molecule has 3 rings (SSSR count). The van der Waals surface area contributed by atoms with Gasteiger partial charge < -0.3 is 20.6 Å². The summed E-state index contributed by atoms with van der Waals surface area (Å²) in [6.07, 6.45) is 2.29. The molecule has 0 atom stereocenters. The van der Waals surface area contributed by atoms with Crippen molar-refractivity contribution in [1.29, 1.82) is 0 Å². The number of nitrogens with zero attached hydrogens (tertiary/aromatic N) is 1. The number of aliphatic hydroxyl groups excluding tert-OH is 1. The Hall–Kier alpha value is -2.39. The molecule has 0 aromatic heterocycles. The molecular weight excluding hydrogens is 423 g/mol. The van der Waals surface area contributed by atoms with Crippen LogP contribution in [0.25, 0.3) is 5.57 Å². The molecule has 1 aliphatic carbocycles. The number of carbonyl (C=O) groups is 2. The van der Waals surface area contributed by atoms with Gasteiger partial charge in [0, 0.05) is 30.9 Å². The Balaban J connectivity index is 1.73. The summed E-state index contributed by atoms with van der Waals surface area (Å²) in [7, 11) is 0. The summed E-state index contributed by atoms with van der Waals surface area (Å²) in [4.78, 5) is 25.6. The summed E-state index contributed by atoms with van der Waals surface area (Å²) in [5, 5.41) is 13.7. The van der Waals surface area contributed by atoms with Crippen LogP contribution in [0.5, 0.6) is 0 Å². The van der Waals surface area contributed by atoms with Crippen LogP contribution in [0.3, 0.4) is 0 Å². The summed E-state index contributed by atoms with van der Waals surface area (Å²) < 4.78 is 38.4. The molecule has 0 bridgehead atoms. The number of halogens is 3. The van der Waals surface area contributed by atoms with E-state index in [1.165, 1.54) is 0 Å². The van der Waals surface area contributed by atoms with E-state index in [2.05, 4.69) is 5.32 Å². The number of benzene rings is 1. The SMILES string of the molecule is O=C(CNCCO)N1CCC(c2ccc(NC(=O)C(F)(F)F)c(C3=CCCCC3)c2)CC1. The van der Waals surface area contributed by atoms with Crippen LogP contribution in [0.1, 0.15) is 55.6 Å². The lowest BCUT2D eigenvalue weighted by Crippen LogP contribution is -2.43. The Bertz CT molecular complexity index is 847. The Morgan fingerprint density at radius 3 is 2.53 bits per heavy atom. The number of alkyl halides is 3. The molecular formula is C23H30F3N3O3. The second-order valence-corrected chi connectivity index (χ2v) is 8.29. The predicted molar refractivity (Wildman–Crippen MR) is 116 cm³/mol. The summed E-state index contributed by atoms with van der Waals surface area (Å²) in [5.74, 6) is -1.78. The van der Waals surface area contributed by atoms with E-state index in [-0.39, 0.29) is 30.7 Å². The third-order valence-corrected chi connectivity index (χ3v) is 6.07. The van der Waals surface area contributed by atoms with Crippen LogP contribution in [0.4, 0.5) is 18.9 Å². The van der Waals surface area contributed by atoms with Gasteiger partial charge in [-0.1, -0.05) is 12.1 Å². The molecule has 1 aromatic carbocycles. The molecule has 1 aromatic rings. The molecule has 1 aliphatic heterocycles. The monoisotopic (exact) mass is 453 g/mol. The first-order chi connectivity index (χ1) is 15.3.